The topological polar surface area (TPSA) is 241 Å². The number of primary amides is 1. The number of hydrogen-bond donors (Lipinski definition) is 5. The first-order valence-electron chi connectivity index (χ1n) is 13.5. The number of nitrogen functional groups attached to an aromatic ring is 1. The average Bonchev–Trinajstić information content (AvgIpc) is 3.68. The second kappa shape index (κ2) is 12.5. The Morgan fingerprint density at radius 2 is 1.87 bits per heavy atom. The van der Waals surface area contributed by atoms with E-state index in [9.17, 15) is 19.5 Å². The summed E-state index contributed by atoms with van der Waals surface area (Å²) in [5.41, 5.74) is 13.1. The van der Waals surface area contributed by atoms with Gasteiger partial charge in [-0.3, -0.25) is 4.79 Å². The van der Waals surface area contributed by atoms with Gasteiger partial charge in [-0.1, -0.05) is 11.3 Å². The number of halogens is 1. The third kappa shape index (κ3) is 6.77. The van der Waals surface area contributed by atoms with E-state index in [1.54, 1.807) is 23.0 Å². The van der Waals surface area contributed by atoms with Gasteiger partial charge in [-0.15, -0.1) is 5.10 Å². The Kier molecular flexibility index (Phi) is 9.01. The molecular weight excluding hydrogens is 675 g/mol. The molecule has 22 heteroatoms. The number of imidazole rings is 1. The van der Waals surface area contributed by atoms with Gasteiger partial charge in [-0.2, -0.15) is 0 Å². The van der Waals surface area contributed by atoms with Crippen LogP contribution in [0.1, 0.15) is 35.5 Å². The predicted octanol–water partition coefficient (Wildman–Crippen LogP) is 1.23. The molecule has 17 nitrogen and oxygen atoms in total. The van der Waals surface area contributed by atoms with Crippen molar-refractivity contribution in [1.82, 2.24) is 34.5 Å². The van der Waals surface area contributed by atoms with E-state index in [-0.39, 0.29) is 54.4 Å². The summed E-state index contributed by atoms with van der Waals surface area (Å²) in [5.74, 6) is -1.10. The molecule has 45 heavy (non-hydrogen) atoms. The molecular formula is C23H28FN9O8P2S2. The molecule has 1 unspecified atom stereocenters. The quantitative estimate of drug-likeness (QED) is 0.130. The van der Waals surface area contributed by atoms with Crippen molar-refractivity contribution in [3.8, 4) is 0 Å². The number of fused-ring (bicyclic) bond motifs is 2. The van der Waals surface area contributed by atoms with Gasteiger partial charge in [-0.05, 0) is 48.1 Å². The van der Waals surface area contributed by atoms with E-state index in [0.717, 1.165) is 0 Å². The van der Waals surface area contributed by atoms with Gasteiger partial charge in [0, 0.05) is 18.4 Å². The molecule has 1 aromatic carbocycles. The van der Waals surface area contributed by atoms with Gasteiger partial charge in [0.15, 0.2) is 17.7 Å². The normalized spacial score (nSPS) is 26.7. The van der Waals surface area contributed by atoms with Crippen LogP contribution in [-0.4, -0.2) is 87.2 Å². The minimum Gasteiger partial charge on any atom is -0.382 e. The minimum atomic E-state index is -3.91. The molecule has 0 bridgehead atoms. The summed E-state index contributed by atoms with van der Waals surface area (Å²) in [4.78, 5) is 54.2. The standard InChI is InChI=1S/C23H28FN9O8P2S2/c24-14-5-18(33-15-3-1-2-12(22(26)34)19(15)30-31-33)41-17(14)8-40-43(37,45)39-7-13-11(6-38-42(35,36)44)4-16(13)32-10-29-20-21(25)27-9-28-23(20)32/h1-3,9-11,13-14,16-18H,4-8H2,(H2,26,34)(H,37,45)(H2,25,27,28)(H2,35,36,44)/t11-,13-,14+,16-,17-,18-,43?/m1/s1. The fourth-order valence-corrected chi connectivity index (χ4v) is 7.29. The van der Waals surface area contributed by atoms with Crippen molar-refractivity contribution in [3.63, 3.8) is 0 Å². The van der Waals surface area contributed by atoms with Crippen LogP contribution in [0.25, 0.3) is 22.2 Å². The van der Waals surface area contributed by atoms with Gasteiger partial charge in [0.25, 0.3) is 5.91 Å². The number of nitrogens with two attached hydrogens (primary N) is 2. The lowest BCUT2D eigenvalue weighted by molar-refractivity contribution is -0.0386. The van der Waals surface area contributed by atoms with E-state index in [4.69, 9.17) is 41.6 Å². The summed E-state index contributed by atoms with van der Waals surface area (Å²) in [7, 11) is 0. The zero-order valence-electron chi connectivity index (χ0n) is 23.1. The molecule has 1 aliphatic carbocycles. The Hall–Kier alpha value is -2.61. The van der Waals surface area contributed by atoms with Gasteiger partial charge in [0.2, 0.25) is 0 Å². The summed E-state index contributed by atoms with van der Waals surface area (Å²) >= 11 is 9.78. The molecule has 7 atom stereocenters. The van der Waals surface area contributed by atoms with Gasteiger partial charge in [0.1, 0.15) is 29.6 Å². The van der Waals surface area contributed by atoms with Crippen LogP contribution in [0.15, 0.2) is 30.9 Å². The van der Waals surface area contributed by atoms with Crippen molar-refractivity contribution in [2.24, 2.45) is 17.6 Å². The molecule has 4 heterocycles. The molecule has 1 saturated carbocycles. The first-order chi connectivity index (χ1) is 21.3. The maximum atomic E-state index is 15.0. The van der Waals surface area contributed by atoms with E-state index < -0.39 is 44.5 Å². The van der Waals surface area contributed by atoms with Gasteiger partial charge in [-0.25, -0.2) is 24.0 Å². The molecule has 1 saturated heterocycles. The number of rotatable bonds is 12. The van der Waals surface area contributed by atoms with Gasteiger partial charge < -0.3 is 49.0 Å². The SMILES string of the molecule is NC(=O)c1cccc2c1nnn2[C@H]1C[C@H](F)[C@@H](COP(O)(=S)OC[C@@H]2[C@@H](COP(O)(O)=S)C[C@H]2n2cnc3c(N)ncnc32)O1. The molecule has 3 aromatic heterocycles. The molecule has 2 aliphatic rings. The molecule has 0 radical (unpaired) electrons. The third-order valence-corrected chi connectivity index (χ3v) is 10.3. The van der Waals surface area contributed by atoms with Crippen molar-refractivity contribution in [2.45, 2.75) is 37.4 Å². The smallest absolute Gasteiger partial charge is 0.324 e. The van der Waals surface area contributed by atoms with Crippen LogP contribution in [0.4, 0.5) is 10.2 Å². The number of amides is 1. The number of hydrogen-bond acceptors (Lipinski definition) is 13. The Labute approximate surface area is 264 Å². The lowest BCUT2D eigenvalue weighted by Gasteiger charge is -2.45. The van der Waals surface area contributed by atoms with Gasteiger partial charge >= 0.3 is 13.4 Å². The highest BCUT2D eigenvalue weighted by atomic mass is 32.5. The minimum absolute atomic E-state index is 0.0769. The van der Waals surface area contributed by atoms with E-state index >= 15 is 4.39 Å². The van der Waals surface area contributed by atoms with E-state index in [1.165, 1.54) is 17.1 Å². The Morgan fingerprint density at radius 1 is 1.09 bits per heavy atom. The number of carbonyl (C=O) groups is 1. The molecule has 242 valence electrons. The Morgan fingerprint density at radius 3 is 2.62 bits per heavy atom. The monoisotopic (exact) mass is 703 g/mol. The maximum Gasteiger partial charge on any atom is 0.324 e. The molecule has 2 fully saturated rings. The number of anilines is 1. The number of aromatic nitrogens is 7. The lowest BCUT2D eigenvalue weighted by Crippen LogP contribution is -2.43. The van der Waals surface area contributed by atoms with Crippen molar-refractivity contribution in [2.75, 3.05) is 25.6 Å². The van der Waals surface area contributed by atoms with E-state index in [0.29, 0.717) is 23.1 Å². The molecule has 1 amide bonds. The van der Waals surface area contributed by atoms with E-state index in [2.05, 4.69) is 37.1 Å². The van der Waals surface area contributed by atoms with Crippen LogP contribution in [0.5, 0.6) is 0 Å². The molecule has 7 N–H and O–H groups in total. The largest absolute Gasteiger partial charge is 0.382 e. The van der Waals surface area contributed by atoms with Crippen LogP contribution in [0.2, 0.25) is 0 Å². The highest BCUT2D eigenvalue weighted by Gasteiger charge is 2.45. The van der Waals surface area contributed by atoms with Crippen molar-refractivity contribution in [1.29, 1.82) is 0 Å². The highest BCUT2D eigenvalue weighted by Crippen LogP contribution is 2.52. The first-order valence-corrected chi connectivity index (χ1v) is 18.7. The Balaban J connectivity index is 1.10. The lowest BCUT2D eigenvalue weighted by atomic mass is 9.70. The molecule has 0 spiro atoms. The second-order valence-electron chi connectivity index (χ2n) is 10.6. The van der Waals surface area contributed by atoms with Crippen molar-refractivity contribution < 1.29 is 42.2 Å². The second-order valence-corrected chi connectivity index (χ2v) is 16.1. The highest BCUT2D eigenvalue weighted by molar-refractivity contribution is 8.07. The Bertz CT molecular complexity index is 1840. The van der Waals surface area contributed by atoms with Crippen LogP contribution in [-0.2, 0) is 41.9 Å². The fourth-order valence-electron chi connectivity index (χ4n) is 5.59. The zero-order valence-corrected chi connectivity index (χ0v) is 26.6. The zero-order chi connectivity index (χ0) is 32.1. The van der Waals surface area contributed by atoms with Gasteiger partial charge in [0.05, 0.1) is 37.2 Å². The fraction of sp³-hybridized carbons (Fsp3) is 0.478. The summed E-state index contributed by atoms with van der Waals surface area (Å²) in [6.45, 7) is -8.41. The summed E-state index contributed by atoms with van der Waals surface area (Å²) in [6, 6.07) is 4.51. The number of ether oxygens (including phenoxy) is 1. The van der Waals surface area contributed by atoms with E-state index in [1.807, 2.05) is 0 Å². The summed E-state index contributed by atoms with van der Waals surface area (Å²) < 4.78 is 40.2. The number of alkyl halides is 1. The summed E-state index contributed by atoms with van der Waals surface area (Å²) in [6.07, 6.45) is -0.186. The van der Waals surface area contributed by atoms with Crippen molar-refractivity contribution >= 4 is 71.0 Å². The molecule has 1 aliphatic heterocycles. The molecule has 6 rings (SSSR count). The van der Waals surface area contributed by atoms with Crippen LogP contribution < -0.4 is 11.5 Å². The van der Waals surface area contributed by atoms with Crippen LogP contribution in [0.3, 0.4) is 0 Å². The molecule has 4 aromatic rings. The third-order valence-electron chi connectivity index (χ3n) is 7.88. The predicted molar refractivity (Wildman–Crippen MR) is 163 cm³/mol. The van der Waals surface area contributed by atoms with Crippen LogP contribution >= 0.6 is 13.4 Å². The van der Waals surface area contributed by atoms with Crippen molar-refractivity contribution in [3.05, 3.63) is 36.4 Å². The maximum absolute atomic E-state index is 15.0. The first kappa shape index (κ1) is 32.3. The summed E-state index contributed by atoms with van der Waals surface area (Å²) in [5, 5.41) is 8.02. The number of nitrogens with zero attached hydrogens (tertiary/aromatic N) is 7. The average molecular weight is 704 g/mol. The number of benzene rings is 1. The number of carbonyl (C=O) groups excluding carboxylic acids is 1. The van der Waals surface area contributed by atoms with Crippen LogP contribution in [0, 0.1) is 11.8 Å².